The average molecular weight is 471 g/mol. The quantitative estimate of drug-likeness (QED) is 0.633. The molecule has 1 N–H and O–H groups in total. The van der Waals surface area contributed by atoms with E-state index in [1.807, 2.05) is 12.1 Å². The topological polar surface area (TPSA) is 77.1 Å². The summed E-state index contributed by atoms with van der Waals surface area (Å²) < 4.78 is 16.7. The van der Waals surface area contributed by atoms with Crippen molar-refractivity contribution in [2.24, 2.45) is 0 Å². The number of amides is 1. The average Bonchev–Trinajstić information content (AvgIpc) is 3.42. The smallest absolute Gasteiger partial charge is 0.341 e. The predicted octanol–water partition coefficient (Wildman–Crippen LogP) is 4.35. The molecule has 1 atom stereocenters. The number of fused-ring (bicyclic) bond motifs is 2. The molecule has 1 fully saturated rings. The highest BCUT2D eigenvalue weighted by molar-refractivity contribution is 7.17. The first-order valence-corrected chi connectivity index (χ1v) is 12.7. The Balaban J connectivity index is 1.31. The first-order chi connectivity index (χ1) is 16.1. The van der Waals surface area contributed by atoms with Crippen LogP contribution < -0.4 is 14.8 Å². The summed E-state index contributed by atoms with van der Waals surface area (Å²) in [5, 5.41) is 3.69. The van der Waals surface area contributed by atoms with Crippen LogP contribution >= 0.6 is 11.3 Å². The van der Waals surface area contributed by atoms with Gasteiger partial charge in [0.2, 0.25) is 5.91 Å². The summed E-state index contributed by atoms with van der Waals surface area (Å²) in [7, 11) is 0. The molecule has 2 aromatic rings. The third-order valence-electron chi connectivity index (χ3n) is 6.57. The predicted molar refractivity (Wildman–Crippen MR) is 127 cm³/mol. The molecule has 1 aliphatic carbocycles. The number of benzene rings is 1. The summed E-state index contributed by atoms with van der Waals surface area (Å²) in [6.07, 6.45) is 6.04. The van der Waals surface area contributed by atoms with Gasteiger partial charge in [0.25, 0.3) is 0 Å². The maximum atomic E-state index is 13.1. The van der Waals surface area contributed by atoms with Crippen LogP contribution in [0.3, 0.4) is 0 Å². The Morgan fingerprint density at radius 3 is 2.82 bits per heavy atom. The highest BCUT2D eigenvalue weighted by Gasteiger charge is 2.31. The molecule has 0 saturated carbocycles. The molecule has 8 heteroatoms. The number of hydrogen-bond acceptors (Lipinski definition) is 7. The van der Waals surface area contributed by atoms with Gasteiger partial charge in [-0.15, -0.1) is 11.3 Å². The monoisotopic (exact) mass is 470 g/mol. The molecule has 0 radical (unpaired) electrons. The zero-order valence-electron chi connectivity index (χ0n) is 19.0. The van der Waals surface area contributed by atoms with Crippen molar-refractivity contribution >= 4 is 28.2 Å². The number of carbonyl (C=O) groups excluding carboxylic acids is 2. The molecule has 0 unspecified atom stereocenters. The van der Waals surface area contributed by atoms with Crippen LogP contribution in [0.2, 0.25) is 0 Å². The molecule has 3 aliphatic rings. The van der Waals surface area contributed by atoms with Crippen LogP contribution in [-0.2, 0) is 22.4 Å². The minimum absolute atomic E-state index is 0.0939. The molecule has 3 heterocycles. The van der Waals surface area contributed by atoms with Crippen LogP contribution in [0.15, 0.2) is 18.2 Å². The lowest BCUT2D eigenvalue weighted by atomic mass is 9.95. The van der Waals surface area contributed by atoms with Gasteiger partial charge in [0, 0.05) is 10.9 Å². The van der Waals surface area contributed by atoms with E-state index in [-0.39, 0.29) is 24.5 Å². The van der Waals surface area contributed by atoms with E-state index in [1.165, 1.54) is 16.2 Å². The summed E-state index contributed by atoms with van der Waals surface area (Å²) in [5.74, 6) is 1.13. The fourth-order valence-electron chi connectivity index (χ4n) is 5.08. The van der Waals surface area contributed by atoms with Crippen LogP contribution in [0.1, 0.15) is 65.0 Å². The number of rotatable bonds is 6. The van der Waals surface area contributed by atoms with Crippen molar-refractivity contribution in [3.8, 4) is 11.5 Å². The SMILES string of the molecule is CCOC(=O)c1c(NC(=O)CN2CCC[C@@H]2c2ccc3c(c2)OCCO3)sc2c1CCCC2. The molecule has 1 amide bonds. The number of thiophene rings is 1. The van der Waals surface area contributed by atoms with Crippen LogP contribution in [0.5, 0.6) is 11.5 Å². The van der Waals surface area contributed by atoms with Crippen molar-refractivity contribution < 1.29 is 23.8 Å². The Bertz CT molecular complexity index is 1050. The van der Waals surface area contributed by atoms with Crippen LogP contribution in [-0.4, -0.2) is 49.7 Å². The van der Waals surface area contributed by atoms with E-state index in [4.69, 9.17) is 14.2 Å². The summed E-state index contributed by atoms with van der Waals surface area (Å²) in [6, 6.07) is 6.23. The van der Waals surface area contributed by atoms with Gasteiger partial charge in [0.05, 0.1) is 18.7 Å². The summed E-state index contributed by atoms with van der Waals surface area (Å²) in [5.41, 5.74) is 2.77. The number of esters is 1. The normalized spacial score (nSPS) is 19.7. The van der Waals surface area contributed by atoms with E-state index in [2.05, 4.69) is 16.3 Å². The van der Waals surface area contributed by atoms with Gasteiger partial charge in [0.15, 0.2) is 11.5 Å². The van der Waals surface area contributed by atoms with Crippen molar-refractivity contribution in [3.63, 3.8) is 0 Å². The second kappa shape index (κ2) is 9.73. The van der Waals surface area contributed by atoms with Crippen LogP contribution in [0.25, 0.3) is 0 Å². The molecule has 2 aliphatic heterocycles. The van der Waals surface area contributed by atoms with E-state index in [9.17, 15) is 9.59 Å². The van der Waals surface area contributed by atoms with Crippen molar-refractivity contribution in [1.29, 1.82) is 0 Å². The highest BCUT2D eigenvalue weighted by Crippen LogP contribution is 2.40. The largest absolute Gasteiger partial charge is 0.486 e. The van der Waals surface area contributed by atoms with Gasteiger partial charge in [0.1, 0.15) is 18.2 Å². The number of nitrogens with one attached hydrogen (secondary N) is 1. The van der Waals surface area contributed by atoms with Gasteiger partial charge in [-0.2, -0.15) is 0 Å². The Morgan fingerprint density at radius 2 is 1.97 bits per heavy atom. The first kappa shape index (κ1) is 22.2. The van der Waals surface area contributed by atoms with Crippen molar-refractivity contribution in [1.82, 2.24) is 4.90 Å². The number of nitrogens with zero attached hydrogens (tertiary/aromatic N) is 1. The molecule has 176 valence electrons. The van der Waals surface area contributed by atoms with Crippen LogP contribution in [0, 0.1) is 0 Å². The summed E-state index contributed by atoms with van der Waals surface area (Å²) >= 11 is 1.53. The van der Waals surface area contributed by atoms with E-state index < -0.39 is 0 Å². The third kappa shape index (κ3) is 4.59. The number of ether oxygens (including phenoxy) is 3. The molecule has 1 aromatic heterocycles. The van der Waals surface area contributed by atoms with Crippen molar-refractivity contribution in [2.45, 2.75) is 51.5 Å². The second-order valence-corrected chi connectivity index (χ2v) is 9.82. The number of carbonyl (C=O) groups is 2. The molecule has 1 saturated heterocycles. The van der Waals surface area contributed by atoms with Gasteiger partial charge in [-0.05, 0) is 75.3 Å². The number of likely N-dealkylation sites (tertiary alicyclic amines) is 1. The Kier molecular flexibility index (Phi) is 6.55. The fourth-order valence-corrected chi connectivity index (χ4v) is 6.38. The molecule has 5 rings (SSSR count). The minimum atomic E-state index is -0.331. The van der Waals surface area contributed by atoms with Crippen molar-refractivity contribution in [2.75, 3.05) is 38.2 Å². The molecule has 1 aromatic carbocycles. The van der Waals surface area contributed by atoms with E-state index >= 15 is 0 Å². The summed E-state index contributed by atoms with van der Waals surface area (Å²) in [6.45, 7) is 4.40. The van der Waals surface area contributed by atoms with Gasteiger partial charge in [-0.25, -0.2) is 4.79 Å². The van der Waals surface area contributed by atoms with Crippen LogP contribution in [0.4, 0.5) is 5.00 Å². The molecular weight excluding hydrogens is 440 g/mol. The van der Waals surface area contributed by atoms with E-state index in [0.29, 0.717) is 30.4 Å². The Morgan fingerprint density at radius 1 is 1.15 bits per heavy atom. The third-order valence-corrected chi connectivity index (χ3v) is 7.77. The zero-order chi connectivity index (χ0) is 22.8. The highest BCUT2D eigenvalue weighted by atomic mass is 32.1. The van der Waals surface area contributed by atoms with Gasteiger partial charge < -0.3 is 19.5 Å². The lowest BCUT2D eigenvalue weighted by Crippen LogP contribution is -2.33. The molecule has 33 heavy (non-hydrogen) atoms. The van der Waals surface area contributed by atoms with Gasteiger partial charge in [-0.1, -0.05) is 6.07 Å². The second-order valence-electron chi connectivity index (χ2n) is 8.72. The fraction of sp³-hybridized carbons (Fsp3) is 0.520. The lowest BCUT2D eigenvalue weighted by molar-refractivity contribution is -0.117. The number of hydrogen-bond donors (Lipinski definition) is 1. The van der Waals surface area contributed by atoms with Crippen molar-refractivity contribution in [3.05, 3.63) is 39.8 Å². The minimum Gasteiger partial charge on any atom is -0.486 e. The van der Waals surface area contributed by atoms with E-state index in [0.717, 1.165) is 67.7 Å². The maximum Gasteiger partial charge on any atom is 0.341 e. The Labute approximate surface area is 198 Å². The van der Waals surface area contributed by atoms with Gasteiger partial charge >= 0.3 is 5.97 Å². The molecule has 0 bridgehead atoms. The molecule has 7 nitrogen and oxygen atoms in total. The maximum absolute atomic E-state index is 13.1. The first-order valence-electron chi connectivity index (χ1n) is 11.9. The standard InChI is InChI=1S/C25H30N2O5S/c1-2-30-25(29)23-17-6-3-4-8-21(17)33-24(23)26-22(28)15-27-11-5-7-18(27)16-9-10-19-20(14-16)32-13-12-31-19/h9-10,14,18H,2-8,11-13,15H2,1H3,(H,26,28)/t18-/m1/s1. The number of aryl methyl sites for hydroxylation is 1. The Hall–Kier alpha value is -2.58. The summed E-state index contributed by atoms with van der Waals surface area (Å²) in [4.78, 5) is 29.2. The zero-order valence-corrected chi connectivity index (χ0v) is 19.8. The molecular formula is C25H30N2O5S. The van der Waals surface area contributed by atoms with E-state index in [1.54, 1.807) is 6.92 Å². The lowest BCUT2D eigenvalue weighted by Gasteiger charge is -2.26. The molecule has 0 spiro atoms. The number of anilines is 1. The van der Waals surface area contributed by atoms with Gasteiger partial charge in [-0.3, -0.25) is 9.69 Å².